The van der Waals surface area contributed by atoms with Gasteiger partial charge in [0.15, 0.2) is 17.5 Å². The Morgan fingerprint density at radius 3 is 2.40 bits per heavy atom. The molecular weight excluding hydrogens is 486 g/mol. The molecule has 204 valence electrons. The minimum Gasteiger partial charge on any atom is -0.209 e. The lowest BCUT2D eigenvalue weighted by molar-refractivity contribution is 0.124. The van der Waals surface area contributed by atoms with Crippen molar-refractivity contribution in [3.63, 3.8) is 0 Å². The van der Waals surface area contributed by atoms with E-state index in [0.29, 0.717) is 23.2 Å². The van der Waals surface area contributed by atoms with Gasteiger partial charge in [0.2, 0.25) is 0 Å². The summed E-state index contributed by atoms with van der Waals surface area (Å²) in [5.41, 5.74) is 8.51. The van der Waals surface area contributed by atoms with Crippen molar-refractivity contribution in [2.45, 2.75) is 72.6 Å². The molecule has 1 aromatic heterocycles. The summed E-state index contributed by atoms with van der Waals surface area (Å²) in [6.45, 7) is 9.73. The average molecular weight is 528 g/mol. The second-order valence-electron chi connectivity index (χ2n) is 13.7. The number of aromatic nitrogens is 3. The van der Waals surface area contributed by atoms with E-state index >= 15 is 0 Å². The van der Waals surface area contributed by atoms with Gasteiger partial charge in [-0.2, -0.15) is 0 Å². The second kappa shape index (κ2) is 9.65. The van der Waals surface area contributed by atoms with Gasteiger partial charge in [0.1, 0.15) is 0 Å². The summed E-state index contributed by atoms with van der Waals surface area (Å²) in [7, 11) is 0. The summed E-state index contributed by atoms with van der Waals surface area (Å²) >= 11 is 0. The molecule has 0 radical (unpaired) electrons. The molecule has 1 heterocycles. The molecule has 3 heteroatoms. The Hall–Kier alpha value is -3.33. The van der Waals surface area contributed by atoms with Crippen LogP contribution in [0.3, 0.4) is 0 Å². The van der Waals surface area contributed by atoms with Crippen molar-refractivity contribution in [3.05, 3.63) is 107 Å². The number of hydrogen-bond donors (Lipinski definition) is 0. The molecule has 7 rings (SSSR count). The molecule has 0 saturated heterocycles. The third-order valence-electron chi connectivity index (χ3n) is 10.2. The molecule has 1 fully saturated rings. The molecule has 0 amide bonds. The number of nitrogens with zero attached hydrogens (tertiary/aromatic N) is 3. The largest absolute Gasteiger partial charge is 0.209 e. The van der Waals surface area contributed by atoms with Gasteiger partial charge >= 0.3 is 0 Å². The molecule has 3 atom stereocenters. The SMILES string of the molecule is CC1(C)CCC(C)(C)C2CC=C(c3nc(C4=CC5C6=C(C=CC5C=C4)CCC=C6)nc(C4=CC=CCC4)n3)C=C21. The fourth-order valence-electron chi connectivity index (χ4n) is 7.54. The van der Waals surface area contributed by atoms with Gasteiger partial charge in [-0.25, -0.2) is 15.0 Å². The van der Waals surface area contributed by atoms with E-state index in [-0.39, 0.29) is 5.41 Å². The monoisotopic (exact) mass is 527 g/mol. The van der Waals surface area contributed by atoms with E-state index in [1.807, 2.05) is 0 Å². The van der Waals surface area contributed by atoms with Gasteiger partial charge in [0.25, 0.3) is 0 Å². The first kappa shape index (κ1) is 25.6. The molecule has 0 aromatic carbocycles. The zero-order valence-electron chi connectivity index (χ0n) is 24.5. The highest BCUT2D eigenvalue weighted by Crippen LogP contribution is 2.55. The molecule has 0 aliphatic heterocycles. The fourth-order valence-corrected chi connectivity index (χ4v) is 7.54. The minimum absolute atomic E-state index is 0.201. The summed E-state index contributed by atoms with van der Waals surface area (Å²) in [5.74, 6) is 3.77. The van der Waals surface area contributed by atoms with Crippen LogP contribution < -0.4 is 0 Å². The van der Waals surface area contributed by atoms with Crippen LogP contribution in [0.25, 0.3) is 16.7 Å². The zero-order valence-corrected chi connectivity index (χ0v) is 24.5. The smallest absolute Gasteiger partial charge is 0.163 e. The van der Waals surface area contributed by atoms with Gasteiger partial charge in [-0.1, -0.05) is 106 Å². The van der Waals surface area contributed by atoms with Gasteiger partial charge in [-0.3, -0.25) is 0 Å². The standard InChI is InChI=1S/C37H41N3/c1-36(2)20-21-37(3,4)32-23-28(18-19-31(32)36)35-39-33(26-11-6-5-7-12-26)38-34(40-35)27-17-16-25-15-14-24-10-8-9-13-29(24)30(25)22-27/h5-6,9,11,13-18,22-23,25,30-31H,7-8,10,12,19-21H2,1-4H3. The van der Waals surface area contributed by atoms with Crippen LogP contribution in [0.5, 0.6) is 0 Å². The Labute approximate surface area is 239 Å². The van der Waals surface area contributed by atoms with Crippen LogP contribution >= 0.6 is 0 Å². The maximum Gasteiger partial charge on any atom is 0.163 e. The number of rotatable bonds is 3. The van der Waals surface area contributed by atoms with E-state index < -0.39 is 0 Å². The summed E-state index contributed by atoms with van der Waals surface area (Å²) < 4.78 is 0. The van der Waals surface area contributed by atoms with Crippen molar-refractivity contribution < 1.29 is 0 Å². The van der Waals surface area contributed by atoms with Crippen molar-refractivity contribution >= 4 is 16.7 Å². The maximum atomic E-state index is 5.19. The molecule has 0 bridgehead atoms. The summed E-state index contributed by atoms with van der Waals surface area (Å²) in [6, 6.07) is 0. The Bertz CT molecular complexity index is 1530. The predicted molar refractivity (Wildman–Crippen MR) is 166 cm³/mol. The zero-order chi connectivity index (χ0) is 27.5. The quantitative estimate of drug-likeness (QED) is 0.393. The van der Waals surface area contributed by atoms with Crippen LogP contribution in [0.15, 0.2) is 89.6 Å². The van der Waals surface area contributed by atoms with Crippen LogP contribution in [0, 0.1) is 28.6 Å². The van der Waals surface area contributed by atoms with Gasteiger partial charge in [0, 0.05) is 23.0 Å². The second-order valence-corrected chi connectivity index (χ2v) is 13.7. The topological polar surface area (TPSA) is 38.7 Å². The van der Waals surface area contributed by atoms with Crippen molar-refractivity contribution in [2.75, 3.05) is 0 Å². The highest BCUT2D eigenvalue weighted by Gasteiger charge is 2.44. The van der Waals surface area contributed by atoms with E-state index in [1.165, 1.54) is 29.6 Å². The molecule has 6 aliphatic rings. The molecule has 6 aliphatic carbocycles. The normalized spacial score (nSPS) is 29.6. The van der Waals surface area contributed by atoms with Crippen LogP contribution in [-0.4, -0.2) is 15.0 Å². The van der Waals surface area contributed by atoms with Crippen LogP contribution in [0.1, 0.15) is 90.1 Å². The molecule has 1 aromatic rings. The van der Waals surface area contributed by atoms with Crippen molar-refractivity contribution in [3.8, 4) is 0 Å². The minimum atomic E-state index is 0.201. The molecule has 3 unspecified atom stereocenters. The van der Waals surface area contributed by atoms with Crippen LogP contribution in [-0.2, 0) is 0 Å². The average Bonchev–Trinajstić information content (AvgIpc) is 2.99. The molecular formula is C37H41N3. The highest BCUT2D eigenvalue weighted by molar-refractivity contribution is 5.78. The first-order valence-electron chi connectivity index (χ1n) is 15.3. The van der Waals surface area contributed by atoms with E-state index in [1.54, 1.807) is 5.57 Å². The van der Waals surface area contributed by atoms with Gasteiger partial charge in [-0.15, -0.1) is 0 Å². The molecule has 40 heavy (non-hydrogen) atoms. The Morgan fingerprint density at radius 2 is 1.57 bits per heavy atom. The van der Waals surface area contributed by atoms with E-state index in [0.717, 1.165) is 60.7 Å². The molecule has 1 saturated carbocycles. The molecule has 3 nitrogen and oxygen atoms in total. The third kappa shape index (κ3) is 4.48. The summed E-state index contributed by atoms with van der Waals surface area (Å²) in [4.78, 5) is 15.4. The maximum absolute atomic E-state index is 5.19. The van der Waals surface area contributed by atoms with E-state index in [4.69, 9.17) is 15.0 Å². The fraction of sp³-hybridized carbons (Fsp3) is 0.432. The highest BCUT2D eigenvalue weighted by atomic mass is 15.0. The Kier molecular flexibility index (Phi) is 6.18. The first-order valence-corrected chi connectivity index (χ1v) is 15.3. The lowest BCUT2D eigenvalue weighted by atomic mass is 9.55. The lowest BCUT2D eigenvalue weighted by Crippen LogP contribution is -2.39. The number of hydrogen-bond acceptors (Lipinski definition) is 3. The molecule has 0 spiro atoms. The Balaban J connectivity index is 1.32. The van der Waals surface area contributed by atoms with Crippen molar-refractivity contribution in [1.82, 2.24) is 15.0 Å². The van der Waals surface area contributed by atoms with Gasteiger partial charge < -0.3 is 0 Å². The molecule has 0 N–H and O–H groups in total. The van der Waals surface area contributed by atoms with Crippen LogP contribution in [0.4, 0.5) is 0 Å². The van der Waals surface area contributed by atoms with E-state index in [2.05, 4.69) is 101 Å². The Morgan fingerprint density at radius 1 is 0.800 bits per heavy atom. The van der Waals surface area contributed by atoms with Gasteiger partial charge in [-0.05, 0) is 78.4 Å². The van der Waals surface area contributed by atoms with E-state index in [9.17, 15) is 0 Å². The lowest BCUT2D eigenvalue weighted by Gasteiger charge is -2.49. The predicted octanol–water partition coefficient (Wildman–Crippen LogP) is 9.18. The van der Waals surface area contributed by atoms with Crippen LogP contribution in [0.2, 0.25) is 0 Å². The van der Waals surface area contributed by atoms with Gasteiger partial charge in [0.05, 0.1) is 0 Å². The number of allylic oxidation sites excluding steroid dienone is 18. The third-order valence-corrected chi connectivity index (χ3v) is 10.2. The van der Waals surface area contributed by atoms with Crippen molar-refractivity contribution in [2.24, 2.45) is 28.6 Å². The van der Waals surface area contributed by atoms with Crippen molar-refractivity contribution in [1.29, 1.82) is 0 Å². The first-order chi connectivity index (χ1) is 19.3. The number of fused-ring (bicyclic) bond motifs is 3. The summed E-state index contributed by atoms with van der Waals surface area (Å²) in [5, 5.41) is 0. The summed E-state index contributed by atoms with van der Waals surface area (Å²) in [6.07, 6.45) is 35.6.